The van der Waals surface area contributed by atoms with Gasteiger partial charge in [-0.25, -0.2) is 9.97 Å². The molecule has 0 radical (unpaired) electrons. The molecule has 1 aliphatic heterocycles. The fourth-order valence-corrected chi connectivity index (χ4v) is 6.38. The van der Waals surface area contributed by atoms with Gasteiger partial charge in [0.1, 0.15) is 16.5 Å². The normalized spacial score (nSPS) is 17.3. The van der Waals surface area contributed by atoms with Crippen LogP contribution in [0.15, 0.2) is 30.3 Å². The lowest BCUT2D eigenvalue weighted by Crippen LogP contribution is -2.33. The molecule has 0 bridgehead atoms. The van der Waals surface area contributed by atoms with Crippen molar-refractivity contribution in [2.24, 2.45) is 0 Å². The standard InChI is InChI=1S/C22H25N3S2/c1-2-6-16(7-3-1)10-11-19-23-21(25-12-14-26-15-13-25)20-17-8-4-5-9-18(17)27-22(20)24-19/h1-3,6-7H,4-5,8-15H2. The molecule has 0 saturated carbocycles. The number of benzene rings is 1. The van der Waals surface area contributed by atoms with Crippen molar-refractivity contribution in [3.8, 4) is 0 Å². The maximum absolute atomic E-state index is 5.13. The Kier molecular flexibility index (Phi) is 5.06. The Hall–Kier alpha value is -1.59. The first-order valence-electron chi connectivity index (χ1n) is 10.1. The average Bonchev–Trinajstić information content (AvgIpc) is 3.11. The van der Waals surface area contributed by atoms with Gasteiger partial charge in [-0.05, 0) is 43.2 Å². The fourth-order valence-electron chi connectivity index (χ4n) is 4.20. The second-order valence-corrected chi connectivity index (χ2v) is 9.75. The summed E-state index contributed by atoms with van der Waals surface area (Å²) in [7, 11) is 0. The minimum Gasteiger partial charge on any atom is -0.354 e. The number of thioether (sulfide) groups is 1. The van der Waals surface area contributed by atoms with Gasteiger partial charge >= 0.3 is 0 Å². The van der Waals surface area contributed by atoms with Gasteiger partial charge in [-0.1, -0.05) is 30.3 Å². The molecule has 2 aliphatic rings. The molecule has 3 heterocycles. The molecule has 3 nitrogen and oxygen atoms in total. The van der Waals surface area contributed by atoms with Crippen molar-refractivity contribution < 1.29 is 0 Å². The highest BCUT2D eigenvalue weighted by molar-refractivity contribution is 7.99. The molecule has 0 unspecified atom stereocenters. The Morgan fingerprint density at radius 1 is 0.926 bits per heavy atom. The van der Waals surface area contributed by atoms with E-state index in [0.29, 0.717) is 0 Å². The van der Waals surface area contributed by atoms with Crippen LogP contribution in [0.4, 0.5) is 5.82 Å². The summed E-state index contributed by atoms with van der Waals surface area (Å²) in [5.74, 6) is 4.65. The summed E-state index contributed by atoms with van der Waals surface area (Å²) in [6, 6.07) is 10.7. The Morgan fingerprint density at radius 3 is 2.59 bits per heavy atom. The molecular weight excluding hydrogens is 370 g/mol. The van der Waals surface area contributed by atoms with E-state index in [9.17, 15) is 0 Å². The van der Waals surface area contributed by atoms with Crippen molar-refractivity contribution in [2.75, 3.05) is 29.5 Å². The van der Waals surface area contributed by atoms with Crippen LogP contribution in [-0.2, 0) is 25.7 Å². The maximum atomic E-state index is 5.13. The summed E-state index contributed by atoms with van der Waals surface area (Å²) in [6.07, 6.45) is 6.99. The molecule has 3 aromatic rings. The first-order valence-corrected chi connectivity index (χ1v) is 12.0. The Labute approximate surface area is 169 Å². The van der Waals surface area contributed by atoms with Gasteiger partial charge in [-0.15, -0.1) is 11.3 Å². The summed E-state index contributed by atoms with van der Waals surface area (Å²) in [5, 5.41) is 1.38. The predicted molar refractivity (Wildman–Crippen MR) is 117 cm³/mol. The molecule has 0 atom stereocenters. The van der Waals surface area contributed by atoms with E-state index in [-0.39, 0.29) is 0 Å². The Balaban J connectivity index is 1.54. The van der Waals surface area contributed by atoms with Crippen molar-refractivity contribution in [1.29, 1.82) is 0 Å². The molecule has 140 valence electrons. The third kappa shape index (κ3) is 3.59. The quantitative estimate of drug-likeness (QED) is 0.628. The van der Waals surface area contributed by atoms with Crippen molar-refractivity contribution in [1.82, 2.24) is 9.97 Å². The van der Waals surface area contributed by atoms with Crippen molar-refractivity contribution >= 4 is 39.1 Å². The van der Waals surface area contributed by atoms with Gasteiger partial charge < -0.3 is 4.90 Å². The SMILES string of the molecule is c1ccc(CCc2nc(N3CCSCC3)c3c4c(sc3n2)CCCC4)cc1. The van der Waals surface area contributed by atoms with E-state index in [1.54, 1.807) is 10.4 Å². The monoisotopic (exact) mass is 395 g/mol. The lowest BCUT2D eigenvalue weighted by Gasteiger charge is -2.28. The number of aryl methyl sites for hydroxylation is 4. The van der Waals surface area contributed by atoms with Crippen LogP contribution in [0.5, 0.6) is 0 Å². The summed E-state index contributed by atoms with van der Waals surface area (Å²) >= 11 is 3.99. The number of fused-ring (bicyclic) bond motifs is 3. The fraction of sp³-hybridized carbons (Fsp3) is 0.455. The first kappa shape index (κ1) is 17.5. The zero-order chi connectivity index (χ0) is 18.1. The molecule has 1 aromatic carbocycles. The number of aromatic nitrogens is 2. The Morgan fingerprint density at radius 2 is 1.74 bits per heavy atom. The van der Waals surface area contributed by atoms with Crippen LogP contribution in [-0.4, -0.2) is 34.6 Å². The summed E-state index contributed by atoms with van der Waals surface area (Å²) < 4.78 is 0. The van der Waals surface area contributed by atoms with E-state index in [0.717, 1.165) is 31.8 Å². The van der Waals surface area contributed by atoms with E-state index in [4.69, 9.17) is 9.97 Å². The summed E-state index contributed by atoms with van der Waals surface area (Å²) in [4.78, 5) is 15.5. The highest BCUT2D eigenvalue weighted by Crippen LogP contribution is 2.40. The Bertz CT molecular complexity index is 930. The van der Waals surface area contributed by atoms with Gasteiger partial charge in [-0.3, -0.25) is 0 Å². The number of thiophene rings is 1. The molecule has 0 spiro atoms. The van der Waals surface area contributed by atoms with Crippen LogP contribution in [0, 0.1) is 0 Å². The molecule has 2 aromatic heterocycles. The minimum absolute atomic E-state index is 0.915. The zero-order valence-electron chi connectivity index (χ0n) is 15.6. The van der Waals surface area contributed by atoms with Crippen LogP contribution >= 0.6 is 23.1 Å². The van der Waals surface area contributed by atoms with Crippen molar-refractivity contribution in [3.05, 3.63) is 52.2 Å². The molecule has 1 saturated heterocycles. The van der Waals surface area contributed by atoms with Gasteiger partial charge in [0.2, 0.25) is 0 Å². The van der Waals surface area contributed by atoms with Gasteiger partial charge in [0.25, 0.3) is 0 Å². The predicted octanol–water partition coefficient (Wildman–Crippen LogP) is 4.91. The first-order chi connectivity index (χ1) is 13.4. The average molecular weight is 396 g/mol. The molecule has 1 aliphatic carbocycles. The van der Waals surface area contributed by atoms with E-state index in [1.807, 2.05) is 11.3 Å². The number of hydrogen-bond acceptors (Lipinski definition) is 5. The second kappa shape index (κ2) is 7.80. The number of rotatable bonds is 4. The summed E-state index contributed by atoms with van der Waals surface area (Å²) in [6.45, 7) is 2.22. The van der Waals surface area contributed by atoms with Crippen LogP contribution < -0.4 is 4.90 Å². The molecule has 27 heavy (non-hydrogen) atoms. The van der Waals surface area contributed by atoms with E-state index >= 15 is 0 Å². The van der Waals surface area contributed by atoms with Gasteiger partial charge in [0, 0.05) is 35.9 Å². The lowest BCUT2D eigenvalue weighted by molar-refractivity contribution is 0.699. The van der Waals surface area contributed by atoms with E-state index < -0.39 is 0 Å². The molecule has 0 amide bonds. The second-order valence-electron chi connectivity index (χ2n) is 7.44. The smallest absolute Gasteiger partial charge is 0.141 e. The molecule has 0 N–H and O–H groups in total. The van der Waals surface area contributed by atoms with Crippen LogP contribution in [0.3, 0.4) is 0 Å². The molecular formula is C22H25N3S2. The number of nitrogens with zero attached hydrogens (tertiary/aromatic N) is 3. The van der Waals surface area contributed by atoms with Crippen LogP contribution in [0.1, 0.15) is 34.7 Å². The van der Waals surface area contributed by atoms with Gasteiger partial charge in [0.15, 0.2) is 0 Å². The minimum atomic E-state index is 0.915. The van der Waals surface area contributed by atoms with Crippen LogP contribution in [0.25, 0.3) is 10.2 Å². The van der Waals surface area contributed by atoms with Gasteiger partial charge in [0.05, 0.1) is 5.39 Å². The van der Waals surface area contributed by atoms with Crippen molar-refractivity contribution in [2.45, 2.75) is 38.5 Å². The molecule has 5 rings (SSSR count). The van der Waals surface area contributed by atoms with Crippen LogP contribution in [0.2, 0.25) is 0 Å². The number of anilines is 1. The van der Waals surface area contributed by atoms with E-state index in [2.05, 4.69) is 47.0 Å². The van der Waals surface area contributed by atoms with Gasteiger partial charge in [-0.2, -0.15) is 11.8 Å². The highest BCUT2D eigenvalue weighted by atomic mass is 32.2. The van der Waals surface area contributed by atoms with E-state index in [1.165, 1.54) is 58.8 Å². The lowest BCUT2D eigenvalue weighted by atomic mass is 9.97. The molecule has 1 fully saturated rings. The topological polar surface area (TPSA) is 29.0 Å². The summed E-state index contributed by atoms with van der Waals surface area (Å²) in [5.41, 5.74) is 2.92. The zero-order valence-corrected chi connectivity index (χ0v) is 17.2. The molecule has 5 heteroatoms. The highest BCUT2D eigenvalue weighted by Gasteiger charge is 2.24. The number of hydrogen-bond donors (Lipinski definition) is 0. The maximum Gasteiger partial charge on any atom is 0.141 e. The third-order valence-corrected chi connectivity index (χ3v) is 7.76. The largest absolute Gasteiger partial charge is 0.354 e. The third-order valence-electron chi connectivity index (χ3n) is 5.63. The van der Waals surface area contributed by atoms with Crippen molar-refractivity contribution in [3.63, 3.8) is 0 Å².